The number of alkyl halides is 1. The van der Waals surface area contributed by atoms with Crippen LogP contribution in [0.2, 0.25) is 5.02 Å². The second-order valence-electron chi connectivity index (χ2n) is 4.04. The molecule has 0 aliphatic heterocycles. The van der Waals surface area contributed by atoms with Crippen LogP contribution in [0, 0.1) is 17.5 Å². The molecular formula is C14H9BrClF3. The smallest absolute Gasteiger partial charge is 0.129 e. The van der Waals surface area contributed by atoms with Gasteiger partial charge in [0.05, 0.1) is 0 Å². The van der Waals surface area contributed by atoms with Gasteiger partial charge in [-0.2, -0.15) is 0 Å². The molecule has 0 amide bonds. The van der Waals surface area contributed by atoms with Crippen LogP contribution in [0.5, 0.6) is 0 Å². The number of halogens is 5. The van der Waals surface area contributed by atoms with Gasteiger partial charge < -0.3 is 0 Å². The highest BCUT2D eigenvalue weighted by Gasteiger charge is 2.18. The Morgan fingerprint density at radius 3 is 2.26 bits per heavy atom. The fourth-order valence-electron chi connectivity index (χ4n) is 1.77. The molecule has 0 saturated carbocycles. The minimum atomic E-state index is -0.646. The summed E-state index contributed by atoms with van der Waals surface area (Å²) in [5.41, 5.74) is 0.193. The van der Waals surface area contributed by atoms with E-state index in [4.69, 9.17) is 11.6 Å². The molecule has 2 aromatic rings. The fraction of sp³-hybridized carbons (Fsp3) is 0.143. The molecule has 5 heteroatoms. The molecule has 0 fully saturated rings. The SMILES string of the molecule is Fc1ccc(Cl)cc1C(Br)Cc1c(F)cccc1F. The molecular weight excluding hydrogens is 341 g/mol. The summed E-state index contributed by atoms with van der Waals surface area (Å²) < 4.78 is 40.7. The van der Waals surface area contributed by atoms with E-state index in [1.54, 1.807) is 0 Å². The Hall–Kier alpha value is -1.00. The number of hydrogen-bond donors (Lipinski definition) is 0. The van der Waals surface area contributed by atoms with Gasteiger partial charge in [-0.25, -0.2) is 13.2 Å². The second kappa shape index (κ2) is 5.97. The Bertz CT molecular complexity index is 581. The molecule has 0 radical (unpaired) electrons. The van der Waals surface area contributed by atoms with Gasteiger partial charge in [0.2, 0.25) is 0 Å². The van der Waals surface area contributed by atoms with E-state index in [0.29, 0.717) is 5.02 Å². The Labute approximate surface area is 122 Å². The van der Waals surface area contributed by atoms with Crippen molar-refractivity contribution < 1.29 is 13.2 Å². The lowest BCUT2D eigenvalue weighted by Crippen LogP contribution is -2.03. The molecule has 1 unspecified atom stereocenters. The Kier molecular flexibility index (Phi) is 4.53. The molecule has 2 rings (SSSR count). The van der Waals surface area contributed by atoms with Gasteiger partial charge in [0.15, 0.2) is 0 Å². The summed E-state index contributed by atoms with van der Waals surface area (Å²) in [5.74, 6) is -1.76. The maximum Gasteiger partial charge on any atom is 0.129 e. The van der Waals surface area contributed by atoms with Gasteiger partial charge in [-0.1, -0.05) is 33.6 Å². The molecule has 100 valence electrons. The molecule has 0 spiro atoms. The van der Waals surface area contributed by atoms with Crippen LogP contribution in [-0.4, -0.2) is 0 Å². The average Bonchev–Trinajstić information content (AvgIpc) is 2.37. The van der Waals surface area contributed by atoms with Gasteiger partial charge in [0, 0.05) is 21.0 Å². The molecule has 0 heterocycles. The molecule has 19 heavy (non-hydrogen) atoms. The highest BCUT2D eigenvalue weighted by atomic mass is 79.9. The van der Waals surface area contributed by atoms with E-state index in [0.717, 1.165) is 0 Å². The highest BCUT2D eigenvalue weighted by Crippen LogP contribution is 2.32. The zero-order valence-corrected chi connectivity index (χ0v) is 12.0. The third-order valence-electron chi connectivity index (χ3n) is 2.74. The van der Waals surface area contributed by atoms with Gasteiger partial charge in [0.1, 0.15) is 17.5 Å². The molecule has 0 aliphatic rings. The van der Waals surface area contributed by atoms with Gasteiger partial charge >= 0.3 is 0 Å². The molecule has 1 atom stereocenters. The lowest BCUT2D eigenvalue weighted by molar-refractivity contribution is 0.550. The summed E-state index contributed by atoms with van der Waals surface area (Å²) in [4.78, 5) is -0.558. The summed E-state index contributed by atoms with van der Waals surface area (Å²) in [6, 6.07) is 7.72. The quantitative estimate of drug-likeness (QED) is 0.648. The number of benzene rings is 2. The van der Waals surface area contributed by atoms with Gasteiger partial charge in [-0.05, 0) is 36.8 Å². The zero-order valence-electron chi connectivity index (χ0n) is 9.64. The maximum atomic E-state index is 13.6. The van der Waals surface area contributed by atoms with Crippen LogP contribution in [0.4, 0.5) is 13.2 Å². The summed E-state index contributed by atoms with van der Waals surface area (Å²) >= 11 is 9.03. The predicted octanol–water partition coefficient (Wildman–Crippen LogP) is 5.44. The summed E-state index contributed by atoms with van der Waals surface area (Å²) in [6.07, 6.45) is -0.00420. The first kappa shape index (κ1) is 14.4. The van der Waals surface area contributed by atoms with Crippen LogP contribution in [0.3, 0.4) is 0 Å². The normalized spacial score (nSPS) is 12.5. The molecule has 0 saturated heterocycles. The van der Waals surface area contributed by atoms with E-state index < -0.39 is 22.3 Å². The summed E-state index contributed by atoms with van der Waals surface area (Å²) in [7, 11) is 0. The molecule has 0 bridgehead atoms. The Morgan fingerprint density at radius 2 is 1.63 bits per heavy atom. The van der Waals surface area contributed by atoms with Crippen LogP contribution in [0.25, 0.3) is 0 Å². The van der Waals surface area contributed by atoms with Gasteiger partial charge in [-0.15, -0.1) is 0 Å². The largest absolute Gasteiger partial charge is 0.207 e. The van der Waals surface area contributed by atoms with Crippen molar-refractivity contribution in [1.82, 2.24) is 0 Å². The van der Waals surface area contributed by atoms with E-state index in [1.807, 2.05) is 0 Å². The van der Waals surface area contributed by atoms with Crippen molar-refractivity contribution in [3.05, 3.63) is 70.0 Å². The highest BCUT2D eigenvalue weighted by molar-refractivity contribution is 9.09. The van der Waals surface area contributed by atoms with E-state index in [2.05, 4.69) is 15.9 Å². The van der Waals surface area contributed by atoms with Crippen LogP contribution in [-0.2, 0) is 6.42 Å². The third kappa shape index (κ3) is 3.31. The molecule has 0 nitrogen and oxygen atoms in total. The predicted molar refractivity (Wildman–Crippen MR) is 73.1 cm³/mol. The van der Waals surface area contributed by atoms with Crippen molar-refractivity contribution in [2.24, 2.45) is 0 Å². The minimum absolute atomic E-state index is 0.00420. The van der Waals surface area contributed by atoms with Crippen molar-refractivity contribution >= 4 is 27.5 Å². The topological polar surface area (TPSA) is 0 Å². The van der Waals surface area contributed by atoms with Crippen molar-refractivity contribution in [2.45, 2.75) is 11.2 Å². The van der Waals surface area contributed by atoms with Crippen molar-refractivity contribution in [3.63, 3.8) is 0 Å². The first-order chi connectivity index (χ1) is 8.99. The minimum Gasteiger partial charge on any atom is -0.207 e. The fourth-order valence-corrected chi connectivity index (χ4v) is 2.63. The maximum absolute atomic E-state index is 13.6. The van der Waals surface area contributed by atoms with Crippen LogP contribution in [0.1, 0.15) is 16.0 Å². The van der Waals surface area contributed by atoms with Gasteiger partial charge in [-0.3, -0.25) is 0 Å². The Balaban J connectivity index is 2.31. The lowest BCUT2D eigenvalue weighted by atomic mass is 10.0. The monoisotopic (exact) mass is 348 g/mol. The average molecular weight is 350 g/mol. The zero-order chi connectivity index (χ0) is 14.0. The van der Waals surface area contributed by atoms with Crippen LogP contribution < -0.4 is 0 Å². The van der Waals surface area contributed by atoms with Crippen molar-refractivity contribution in [3.8, 4) is 0 Å². The van der Waals surface area contributed by atoms with Crippen LogP contribution >= 0.6 is 27.5 Å². The van der Waals surface area contributed by atoms with E-state index in [9.17, 15) is 13.2 Å². The first-order valence-corrected chi connectivity index (χ1v) is 6.80. The second-order valence-corrected chi connectivity index (χ2v) is 5.58. The standard InChI is InChI=1S/C14H9BrClF3/c15-11(9-6-8(16)4-5-14(9)19)7-10-12(17)2-1-3-13(10)18/h1-6,11H,7H2. The number of rotatable bonds is 3. The Morgan fingerprint density at radius 1 is 1.00 bits per heavy atom. The first-order valence-electron chi connectivity index (χ1n) is 5.51. The third-order valence-corrected chi connectivity index (χ3v) is 3.79. The molecule has 0 N–H and O–H groups in total. The molecule has 0 aliphatic carbocycles. The van der Waals surface area contributed by atoms with E-state index in [-0.39, 0.29) is 17.5 Å². The molecule has 2 aromatic carbocycles. The number of hydrogen-bond acceptors (Lipinski definition) is 0. The summed E-state index contributed by atoms with van der Waals surface area (Å²) in [6.45, 7) is 0. The van der Waals surface area contributed by atoms with E-state index in [1.165, 1.54) is 36.4 Å². The summed E-state index contributed by atoms with van der Waals surface area (Å²) in [5, 5.41) is 0.370. The van der Waals surface area contributed by atoms with Crippen molar-refractivity contribution in [1.29, 1.82) is 0 Å². The molecule has 0 aromatic heterocycles. The van der Waals surface area contributed by atoms with Gasteiger partial charge in [0.25, 0.3) is 0 Å². The lowest BCUT2D eigenvalue weighted by Gasteiger charge is -2.13. The van der Waals surface area contributed by atoms with E-state index >= 15 is 0 Å². The van der Waals surface area contributed by atoms with Crippen molar-refractivity contribution in [2.75, 3.05) is 0 Å². The van der Waals surface area contributed by atoms with Crippen LogP contribution in [0.15, 0.2) is 36.4 Å².